The van der Waals surface area contributed by atoms with E-state index >= 15 is 0 Å². The van der Waals surface area contributed by atoms with E-state index in [2.05, 4.69) is 10.3 Å². The molecule has 0 aliphatic heterocycles. The fourth-order valence-corrected chi connectivity index (χ4v) is 1.86. The lowest BCUT2D eigenvalue weighted by Crippen LogP contribution is -2.43. The van der Waals surface area contributed by atoms with E-state index in [0.717, 1.165) is 18.7 Å². The molecule has 0 aromatic carbocycles. The number of aromatic nitrogens is 1. The zero-order valence-corrected chi connectivity index (χ0v) is 10.00. The summed E-state index contributed by atoms with van der Waals surface area (Å²) in [7, 11) is 0. The predicted molar refractivity (Wildman–Crippen MR) is 65.1 cm³/mol. The topological polar surface area (TPSA) is 126 Å². The van der Waals surface area contributed by atoms with Crippen LogP contribution in [0.1, 0.15) is 29.6 Å². The summed E-state index contributed by atoms with van der Waals surface area (Å²) in [6.45, 7) is 0.160. The second-order valence-corrected chi connectivity index (χ2v) is 4.59. The van der Waals surface area contributed by atoms with E-state index in [-0.39, 0.29) is 17.9 Å². The Hall–Kier alpha value is -2.22. The Bertz CT molecular complexity index is 527. The van der Waals surface area contributed by atoms with Crippen molar-refractivity contribution in [3.8, 4) is 0 Å². The number of carboxylic acid groups (broad SMARTS) is 1. The van der Waals surface area contributed by atoms with Gasteiger partial charge in [-0.3, -0.25) is 10.1 Å². The number of aromatic carboxylic acids is 1. The highest BCUT2D eigenvalue weighted by molar-refractivity contribution is 5.88. The molecule has 0 bridgehead atoms. The Morgan fingerprint density at radius 2 is 2.26 bits per heavy atom. The van der Waals surface area contributed by atoms with Crippen LogP contribution in [0.2, 0.25) is 0 Å². The van der Waals surface area contributed by atoms with Gasteiger partial charge in [-0.05, 0) is 19.3 Å². The second-order valence-electron chi connectivity index (χ2n) is 4.59. The molecule has 0 radical (unpaired) electrons. The standard InChI is InChI=1S/C11H13N3O5/c15-10(16)7-4-8(14(18)19)9(12-5-7)13-6-11(17)2-1-3-11/h4-5,17H,1-3,6H2,(H,12,13)(H,15,16). The zero-order chi connectivity index (χ0) is 14.0. The van der Waals surface area contributed by atoms with Gasteiger partial charge in [0.2, 0.25) is 5.82 Å². The average Bonchev–Trinajstić information content (AvgIpc) is 2.33. The van der Waals surface area contributed by atoms with Crippen molar-refractivity contribution in [2.24, 2.45) is 0 Å². The summed E-state index contributed by atoms with van der Waals surface area (Å²) in [6.07, 6.45) is 3.25. The summed E-state index contributed by atoms with van der Waals surface area (Å²) in [4.78, 5) is 24.6. The van der Waals surface area contributed by atoms with E-state index in [1.807, 2.05) is 0 Å². The summed E-state index contributed by atoms with van der Waals surface area (Å²) < 4.78 is 0. The van der Waals surface area contributed by atoms with Crippen LogP contribution in [-0.4, -0.2) is 38.2 Å². The highest BCUT2D eigenvalue weighted by Crippen LogP contribution is 2.32. The Balaban J connectivity index is 2.19. The summed E-state index contributed by atoms with van der Waals surface area (Å²) in [5, 5.41) is 32.2. The molecule has 1 saturated carbocycles. The normalized spacial score (nSPS) is 16.5. The molecule has 3 N–H and O–H groups in total. The van der Waals surface area contributed by atoms with Crippen molar-refractivity contribution in [3.63, 3.8) is 0 Å². The summed E-state index contributed by atoms with van der Waals surface area (Å²) in [6, 6.07) is 0.947. The van der Waals surface area contributed by atoms with Gasteiger partial charge in [-0.2, -0.15) is 0 Å². The van der Waals surface area contributed by atoms with Crippen LogP contribution in [-0.2, 0) is 0 Å². The van der Waals surface area contributed by atoms with Crippen LogP contribution in [0.25, 0.3) is 0 Å². The zero-order valence-electron chi connectivity index (χ0n) is 10.00. The number of rotatable bonds is 5. The van der Waals surface area contributed by atoms with Crippen LogP contribution in [0.5, 0.6) is 0 Å². The van der Waals surface area contributed by atoms with Crippen molar-refractivity contribution in [3.05, 3.63) is 27.9 Å². The summed E-state index contributed by atoms with van der Waals surface area (Å²) >= 11 is 0. The molecule has 1 aromatic rings. The molecule has 8 nitrogen and oxygen atoms in total. The van der Waals surface area contributed by atoms with Crippen LogP contribution in [0.3, 0.4) is 0 Å². The van der Waals surface area contributed by atoms with E-state index in [9.17, 15) is 20.0 Å². The maximum Gasteiger partial charge on any atom is 0.337 e. The van der Waals surface area contributed by atoms with Crippen LogP contribution >= 0.6 is 0 Å². The van der Waals surface area contributed by atoms with Gasteiger partial charge in [-0.15, -0.1) is 0 Å². The lowest BCUT2D eigenvalue weighted by molar-refractivity contribution is -0.384. The molecular formula is C11H13N3O5. The van der Waals surface area contributed by atoms with Crippen molar-refractivity contribution in [2.45, 2.75) is 24.9 Å². The fourth-order valence-electron chi connectivity index (χ4n) is 1.86. The van der Waals surface area contributed by atoms with Gasteiger partial charge < -0.3 is 15.5 Å². The van der Waals surface area contributed by atoms with E-state index < -0.39 is 22.2 Å². The first-order chi connectivity index (χ1) is 8.91. The Labute approximate surface area is 108 Å². The van der Waals surface area contributed by atoms with Gasteiger partial charge in [0, 0.05) is 18.8 Å². The first kappa shape index (κ1) is 13.2. The van der Waals surface area contributed by atoms with Crippen molar-refractivity contribution in [1.82, 2.24) is 4.98 Å². The number of carboxylic acids is 1. The minimum Gasteiger partial charge on any atom is -0.478 e. The molecular weight excluding hydrogens is 254 g/mol. The largest absolute Gasteiger partial charge is 0.478 e. The van der Waals surface area contributed by atoms with Crippen molar-refractivity contribution < 1.29 is 19.9 Å². The van der Waals surface area contributed by atoms with Crippen LogP contribution in [0.15, 0.2) is 12.3 Å². The Morgan fingerprint density at radius 1 is 1.58 bits per heavy atom. The fraction of sp³-hybridized carbons (Fsp3) is 0.455. The van der Waals surface area contributed by atoms with Crippen molar-refractivity contribution in [1.29, 1.82) is 0 Å². The van der Waals surface area contributed by atoms with Gasteiger partial charge in [0.15, 0.2) is 0 Å². The van der Waals surface area contributed by atoms with Crippen LogP contribution < -0.4 is 5.32 Å². The number of pyridine rings is 1. The van der Waals surface area contributed by atoms with E-state index in [4.69, 9.17) is 5.11 Å². The average molecular weight is 267 g/mol. The Morgan fingerprint density at radius 3 is 2.74 bits per heavy atom. The number of carbonyl (C=O) groups is 1. The van der Waals surface area contributed by atoms with Gasteiger partial charge in [0.1, 0.15) is 0 Å². The molecule has 1 heterocycles. The molecule has 2 rings (SSSR count). The molecule has 0 unspecified atom stereocenters. The first-order valence-corrected chi connectivity index (χ1v) is 5.75. The van der Waals surface area contributed by atoms with E-state index in [1.165, 1.54) is 0 Å². The highest BCUT2D eigenvalue weighted by atomic mass is 16.6. The van der Waals surface area contributed by atoms with E-state index in [1.54, 1.807) is 0 Å². The summed E-state index contributed by atoms with van der Waals surface area (Å²) in [5.41, 5.74) is -1.51. The molecule has 8 heteroatoms. The SMILES string of the molecule is O=C(O)c1cnc(NCC2(O)CCC2)c([N+](=O)[O-])c1. The quantitative estimate of drug-likeness (QED) is 0.537. The maximum atomic E-state index is 10.9. The monoisotopic (exact) mass is 267 g/mol. The molecule has 0 amide bonds. The predicted octanol–water partition coefficient (Wildman–Crippen LogP) is 1.01. The van der Waals surface area contributed by atoms with Gasteiger partial charge in [-0.25, -0.2) is 9.78 Å². The van der Waals surface area contributed by atoms with Gasteiger partial charge in [-0.1, -0.05) is 0 Å². The number of nitrogens with one attached hydrogen (secondary N) is 1. The lowest BCUT2D eigenvalue weighted by Gasteiger charge is -2.36. The second kappa shape index (κ2) is 4.81. The van der Waals surface area contributed by atoms with Gasteiger partial charge >= 0.3 is 11.7 Å². The third-order valence-electron chi connectivity index (χ3n) is 3.18. The molecule has 1 fully saturated rings. The van der Waals surface area contributed by atoms with Crippen LogP contribution in [0.4, 0.5) is 11.5 Å². The minimum atomic E-state index is -1.28. The van der Waals surface area contributed by atoms with Gasteiger partial charge in [0.25, 0.3) is 0 Å². The number of hydrogen-bond donors (Lipinski definition) is 3. The molecule has 1 aliphatic rings. The molecule has 1 aromatic heterocycles. The van der Waals surface area contributed by atoms with E-state index in [0.29, 0.717) is 12.8 Å². The van der Waals surface area contributed by atoms with Gasteiger partial charge in [0.05, 0.1) is 16.1 Å². The molecule has 0 atom stereocenters. The Kier molecular flexibility index (Phi) is 3.34. The van der Waals surface area contributed by atoms with Crippen molar-refractivity contribution in [2.75, 3.05) is 11.9 Å². The third kappa shape index (κ3) is 2.79. The smallest absolute Gasteiger partial charge is 0.337 e. The number of aliphatic hydroxyl groups is 1. The molecule has 0 spiro atoms. The number of hydrogen-bond acceptors (Lipinski definition) is 6. The van der Waals surface area contributed by atoms with Crippen LogP contribution in [0, 0.1) is 10.1 Å². The highest BCUT2D eigenvalue weighted by Gasteiger charge is 2.34. The lowest BCUT2D eigenvalue weighted by atomic mass is 9.80. The number of nitro groups is 1. The number of anilines is 1. The molecule has 102 valence electrons. The molecule has 19 heavy (non-hydrogen) atoms. The third-order valence-corrected chi connectivity index (χ3v) is 3.18. The maximum absolute atomic E-state index is 10.9. The van der Waals surface area contributed by atoms with Crippen molar-refractivity contribution >= 4 is 17.5 Å². The first-order valence-electron chi connectivity index (χ1n) is 5.75. The molecule has 1 aliphatic carbocycles. The number of nitrogens with zero attached hydrogens (tertiary/aromatic N) is 2. The summed E-state index contributed by atoms with van der Waals surface area (Å²) in [5.74, 6) is -1.31. The minimum absolute atomic E-state index is 0.0321. The molecule has 0 saturated heterocycles.